The van der Waals surface area contributed by atoms with Crippen molar-refractivity contribution in [3.05, 3.63) is 53.6 Å². The molecule has 27 heavy (non-hydrogen) atoms. The van der Waals surface area contributed by atoms with Gasteiger partial charge in [-0.05, 0) is 43.2 Å². The van der Waals surface area contributed by atoms with Crippen LogP contribution in [0.15, 0.2) is 41.3 Å². The summed E-state index contributed by atoms with van der Waals surface area (Å²) in [6.45, 7) is 1.19. The van der Waals surface area contributed by atoms with E-state index in [0.29, 0.717) is 19.2 Å². The summed E-state index contributed by atoms with van der Waals surface area (Å²) in [5.41, 5.74) is -0.276. The molecule has 1 aliphatic rings. The maximum atomic E-state index is 13.8. The van der Waals surface area contributed by atoms with Crippen molar-refractivity contribution in [1.29, 1.82) is 0 Å². The van der Waals surface area contributed by atoms with Gasteiger partial charge in [-0.2, -0.15) is 0 Å². The van der Waals surface area contributed by atoms with Crippen molar-refractivity contribution in [2.75, 3.05) is 24.9 Å². The molecule has 0 spiro atoms. The van der Waals surface area contributed by atoms with Gasteiger partial charge < -0.3 is 9.64 Å². The Morgan fingerprint density at radius 2 is 1.81 bits per heavy atom. The standard InChI is InChI=1S/C18H18F2N2O4S/c1-26-17-7-5-13(11-14(17)18(23)22-8-2-3-9-22)27(24,25)21-16-6-4-12(19)10-15(16)20/h4-7,10-11,21H,2-3,8-9H2,1H3. The molecule has 3 rings (SSSR count). The highest BCUT2D eigenvalue weighted by atomic mass is 32.2. The predicted octanol–water partition coefficient (Wildman–Crippen LogP) is 3.01. The highest BCUT2D eigenvalue weighted by Gasteiger charge is 2.25. The number of hydrogen-bond acceptors (Lipinski definition) is 4. The van der Waals surface area contributed by atoms with Crippen LogP contribution in [0.5, 0.6) is 5.75 Å². The van der Waals surface area contributed by atoms with Crippen LogP contribution in [0.2, 0.25) is 0 Å². The summed E-state index contributed by atoms with van der Waals surface area (Å²) in [6.07, 6.45) is 1.77. The molecule has 1 fully saturated rings. The fourth-order valence-electron chi connectivity index (χ4n) is 2.89. The van der Waals surface area contributed by atoms with Gasteiger partial charge in [0.1, 0.15) is 17.4 Å². The fourth-order valence-corrected chi connectivity index (χ4v) is 3.98. The van der Waals surface area contributed by atoms with Crippen molar-refractivity contribution in [1.82, 2.24) is 4.90 Å². The van der Waals surface area contributed by atoms with Crippen molar-refractivity contribution in [2.45, 2.75) is 17.7 Å². The van der Waals surface area contributed by atoms with Gasteiger partial charge in [0.2, 0.25) is 0 Å². The third kappa shape index (κ3) is 4.02. The van der Waals surface area contributed by atoms with Gasteiger partial charge in [-0.25, -0.2) is 17.2 Å². The molecule has 144 valence electrons. The lowest BCUT2D eigenvalue weighted by atomic mass is 10.1. The first-order valence-corrected chi connectivity index (χ1v) is 9.75. The van der Waals surface area contributed by atoms with Crippen LogP contribution in [-0.4, -0.2) is 39.4 Å². The summed E-state index contributed by atoms with van der Waals surface area (Å²) in [7, 11) is -2.81. The molecule has 1 amide bonds. The lowest BCUT2D eigenvalue weighted by Crippen LogP contribution is -2.28. The molecule has 1 heterocycles. The average molecular weight is 396 g/mol. The van der Waals surface area contributed by atoms with Crippen LogP contribution in [0, 0.1) is 11.6 Å². The number of ether oxygens (including phenoxy) is 1. The zero-order valence-electron chi connectivity index (χ0n) is 14.5. The van der Waals surface area contributed by atoms with E-state index in [1.807, 2.05) is 0 Å². The monoisotopic (exact) mass is 396 g/mol. The summed E-state index contributed by atoms with van der Waals surface area (Å²) in [6, 6.07) is 6.33. The topological polar surface area (TPSA) is 75.7 Å². The number of nitrogens with one attached hydrogen (secondary N) is 1. The maximum Gasteiger partial charge on any atom is 0.262 e. The van der Waals surface area contributed by atoms with Gasteiger partial charge in [-0.15, -0.1) is 0 Å². The molecular weight excluding hydrogens is 378 g/mol. The van der Waals surface area contributed by atoms with Crippen LogP contribution in [0.1, 0.15) is 23.2 Å². The third-order valence-electron chi connectivity index (χ3n) is 4.28. The molecule has 0 unspecified atom stereocenters. The van der Waals surface area contributed by atoms with Gasteiger partial charge in [-0.3, -0.25) is 9.52 Å². The quantitative estimate of drug-likeness (QED) is 0.843. The van der Waals surface area contributed by atoms with E-state index >= 15 is 0 Å². The van der Waals surface area contributed by atoms with E-state index in [2.05, 4.69) is 4.72 Å². The second kappa shape index (κ2) is 7.51. The molecule has 2 aromatic carbocycles. The molecule has 0 radical (unpaired) electrons. The number of anilines is 1. The number of likely N-dealkylation sites (tertiary alicyclic amines) is 1. The Labute approximate surface area is 155 Å². The summed E-state index contributed by atoms with van der Waals surface area (Å²) >= 11 is 0. The van der Waals surface area contributed by atoms with E-state index in [9.17, 15) is 22.0 Å². The molecule has 0 aliphatic carbocycles. The minimum atomic E-state index is -4.19. The number of carbonyl (C=O) groups excluding carboxylic acids is 1. The molecule has 6 nitrogen and oxygen atoms in total. The van der Waals surface area contributed by atoms with Crippen molar-refractivity contribution < 1.29 is 26.7 Å². The first-order chi connectivity index (χ1) is 12.8. The molecule has 0 aromatic heterocycles. The molecule has 0 bridgehead atoms. The molecular formula is C18H18F2N2O4S. The van der Waals surface area contributed by atoms with E-state index in [1.165, 1.54) is 25.3 Å². The van der Waals surface area contributed by atoms with Crippen LogP contribution >= 0.6 is 0 Å². The Morgan fingerprint density at radius 1 is 1.11 bits per heavy atom. The highest BCUT2D eigenvalue weighted by molar-refractivity contribution is 7.92. The van der Waals surface area contributed by atoms with E-state index in [1.54, 1.807) is 4.90 Å². The molecule has 1 N–H and O–H groups in total. The number of amides is 1. The van der Waals surface area contributed by atoms with Gasteiger partial charge in [-0.1, -0.05) is 0 Å². The van der Waals surface area contributed by atoms with Gasteiger partial charge in [0.05, 0.1) is 23.3 Å². The number of benzene rings is 2. The van der Waals surface area contributed by atoms with E-state index in [4.69, 9.17) is 4.74 Å². The highest BCUT2D eigenvalue weighted by Crippen LogP contribution is 2.27. The van der Waals surface area contributed by atoms with Crippen molar-refractivity contribution in [2.24, 2.45) is 0 Å². The largest absolute Gasteiger partial charge is 0.496 e. The second-order valence-corrected chi connectivity index (χ2v) is 7.77. The smallest absolute Gasteiger partial charge is 0.262 e. The molecule has 1 aliphatic heterocycles. The third-order valence-corrected chi connectivity index (χ3v) is 5.64. The first kappa shape index (κ1) is 19.1. The van der Waals surface area contributed by atoms with Crippen molar-refractivity contribution >= 4 is 21.6 Å². The lowest BCUT2D eigenvalue weighted by Gasteiger charge is -2.18. The minimum Gasteiger partial charge on any atom is -0.496 e. The van der Waals surface area contributed by atoms with Gasteiger partial charge >= 0.3 is 0 Å². The fraction of sp³-hybridized carbons (Fsp3) is 0.278. The van der Waals surface area contributed by atoms with Gasteiger partial charge in [0.15, 0.2) is 0 Å². The van der Waals surface area contributed by atoms with Crippen LogP contribution in [0.25, 0.3) is 0 Å². The number of hydrogen-bond donors (Lipinski definition) is 1. The first-order valence-electron chi connectivity index (χ1n) is 8.27. The number of sulfonamides is 1. The van der Waals surface area contributed by atoms with Crippen LogP contribution in [0.3, 0.4) is 0 Å². The summed E-state index contributed by atoms with van der Waals surface area (Å²) in [5, 5.41) is 0. The van der Waals surface area contributed by atoms with Crippen LogP contribution in [0.4, 0.5) is 14.5 Å². The Kier molecular flexibility index (Phi) is 5.31. The normalized spacial score (nSPS) is 14.3. The summed E-state index contributed by atoms with van der Waals surface area (Å²) < 4.78 is 59.2. The maximum absolute atomic E-state index is 13.8. The van der Waals surface area contributed by atoms with Crippen LogP contribution in [-0.2, 0) is 10.0 Å². The number of nitrogens with zero attached hydrogens (tertiary/aromatic N) is 1. The average Bonchev–Trinajstić information content (AvgIpc) is 3.17. The molecule has 2 aromatic rings. The zero-order chi connectivity index (χ0) is 19.6. The van der Waals surface area contributed by atoms with Crippen molar-refractivity contribution in [3.8, 4) is 5.75 Å². The number of carbonyl (C=O) groups is 1. The number of halogens is 2. The summed E-state index contributed by atoms with van der Waals surface area (Å²) in [5.74, 6) is -1.94. The Morgan fingerprint density at radius 3 is 2.44 bits per heavy atom. The molecule has 0 atom stereocenters. The van der Waals surface area contributed by atoms with E-state index in [0.717, 1.165) is 25.0 Å². The SMILES string of the molecule is COc1ccc(S(=O)(=O)Nc2ccc(F)cc2F)cc1C(=O)N1CCCC1. The zero-order valence-corrected chi connectivity index (χ0v) is 15.4. The predicted molar refractivity (Wildman–Crippen MR) is 95.3 cm³/mol. The Balaban J connectivity index is 1.95. The summed E-state index contributed by atoms with van der Waals surface area (Å²) in [4.78, 5) is 14.1. The number of methoxy groups -OCH3 is 1. The van der Waals surface area contributed by atoms with Gasteiger partial charge in [0.25, 0.3) is 15.9 Å². The minimum absolute atomic E-state index is 0.113. The Hall–Kier alpha value is -2.68. The number of rotatable bonds is 5. The molecule has 0 saturated carbocycles. The van der Waals surface area contributed by atoms with Gasteiger partial charge in [0, 0.05) is 19.2 Å². The van der Waals surface area contributed by atoms with E-state index < -0.39 is 21.7 Å². The van der Waals surface area contributed by atoms with E-state index in [-0.39, 0.29) is 27.8 Å². The van der Waals surface area contributed by atoms with Crippen molar-refractivity contribution in [3.63, 3.8) is 0 Å². The van der Waals surface area contributed by atoms with Crippen LogP contribution < -0.4 is 9.46 Å². The Bertz CT molecular complexity index is 973. The lowest BCUT2D eigenvalue weighted by molar-refractivity contribution is 0.0789. The molecule has 1 saturated heterocycles. The molecule has 9 heteroatoms. The second-order valence-electron chi connectivity index (χ2n) is 6.09.